The van der Waals surface area contributed by atoms with Crippen LogP contribution in [-0.4, -0.2) is 61.5 Å². The third-order valence-corrected chi connectivity index (χ3v) is 5.94. The molecule has 2 fully saturated rings. The number of hydrogen-bond acceptors (Lipinski definition) is 4. The minimum absolute atomic E-state index is 0.000665. The Labute approximate surface area is 159 Å². The van der Waals surface area contributed by atoms with Crippen molar-refractivity contribution in [2.45, 2.75) is 25.7 Å². The molecule has 3 heterocycles. The van der Waals surface area contributed by atoms with Crippen molar-refractivity contribution in [1.82, 2.24) is 9.80 Å². The molecular weight excluding hydrogens is 344 g/mol. The van der Waals surface area contributed by atoms with Gasteiger partial charge in [-0.05, 0) is 49.9 Å². The molecule has 1 aromatic heterocycles. The number of piperidine rings is 1. The maximum Gasteiger partial charge on any atom is 0.253 e. The van der Waals surface area contributed by atoms with Gasteiger partial charge in [0.2, 0.25) is 5.91 Å². The molecule has 0 saturated carbocycles. The summed E-state index contributed by atoms with van der Waals surface area (Å²) in [5.41, 5.74) is 1.03. The van der Waals surface area contributed by atoms with Gasteiger partial charge in [0.15, 0.2) is 0 Å². The highest BCUT2D eigenvalue weighted by Crippen LogP contribution is 2.40. The Morgan fingerprint density at radius 2 is 2.15 bits per heavy atom. The Bertz CT molecular complexity index is 846. The standard InChI is InChI=1S/C21H26N2O4/c1-26-12-3-10-22-9-2-7-21(20(22)25)8-11-23(15-21)19(24)17-4-5-18-16(14-17)6-13-27-18/h4-6,13-14H,2-3,7-12,15H2,1H3. The molecular formula is C21H26N2O4. The first-order chi connectivity index (χ1) is 13.1. The predicted molar refractivity (Wildman–Crippen MR) is 101 cm³/mol. The van der Waals surface area contributed by atoms with E-state index in [1.54, 1.807) is 19.4 Å². The van der Waals surface area contributed by atoms with Crippen molar-refractivity contribution >= 4 is 22.8 Å². The van der Waals surface area contributed by atoms with E-state index in [4.69, 9.17) is 9.15 Å². The molecule has 2 saturated heterocycles. The quantitative estimate of drug-likeness (QED) is 0.759. The van der Waals surface area contributed by atoms with Gasteiger partial charge in [-0.1, -0.05) is 0 Å². The van der Waals surface area contributed by atoms with Crippen LogP contribution in [0.25, 0.3) is 11.0 Å². The zero-order chi connectivity index (χ0) is 18.9. The smallest absolute Gasteiger partial charge is 0.253 e. The molecule has 2 aliphatic heterocycles. The number of furan rings is 1. The van der Waals surface area contributed by atoms with Crippen LogP contribution in [0.5, 0.6) is 0 Å². The minimum Gasteiger partial charge on any atom is -0.464 e. The lowest BCUT2D eigenvalue weighted by atomic mass is 9.78. The first-order valence-corrected chi connectivity index (χ1v) is 9.68. The van der Waals surface area contributed by atoms with Crippen molar-refractivity contribution < 1.29 is 18.7 Å². The molecule has 27 heavy (non-hydrogen) atoms. The van der Waals surface area contributed by atoms with Crippen molar-refractivity contribution in [2.24, 2.45) is 5.41 Å². The Hall–Kier alpha value is -2.34. The van der Waals surface area contributed by atoms with Gasteiger partial charge in [0.25, 0.3) is 5.91 Å². The van der Waals surface area contributed by atoms with Crippen LogP contribution in [0.4, 0.5) is 0 Å². The Morgan fingerprint density at radius 1 is 1.26 bits per heavy atom. The first kappa shape index (κ1) is 18.0. The number of nitrogens with zero attached hydrogens (tertiary/aromatic N) is 2. The van der Waals surface area contributed by atoms with E-state index in [0.717, 1.165) is 49.7 Å². The fourth-order valence-electron chi connectivity index (χ4n) is 4.47. The molecule has 2 amide bonds. The molecule has 6 heteroatoms. The van der Waals surface area contributed by atoms with Crippen LogP contribution >= 0.6 is 0 Å². The summed E-state index contributed by atoms with van der Waals surface area (Å²) in [6.07, 6.45) is 5.11. The lowest BCUT2D eigenvalue weighted by Gasteiger charge is -2.39. The number of likely N-dealkylation sites (tertiary alicyclic amines) is 2. The molecule has 1 aromatic carbocycles. The number of amides is 2. The maximum absolute atomic E-state index is 13.1. The van der Waals surface area contributed by atoms with Gasteiger partial charge in [-0.3, -0.25) is 9.59 Å². The van der Waals surface area contributed by atoms with Gasteiger partial charge in [0, 0.05) is 50.8 Å². The van der Waals surface area contributed by atoms with E-state index >= 15 is 0 Å². The van der Waals surface area contributed by atoms with E-state index in [0.29, 0.717) is 25.3 Å². The number of rotatable bonds is 5. The van der Waals surface area contributed by atoms with Crippen LogP contribution in [-0.2, 0) is 9.53 Å². The van der Waals surface area contributed by atoms with Gasteiger partial charge in [-0.25, -0.2) is 0 Å². The van der Waals surface area contributed by atoms with Crippen molar-refractivity contribution in [2.75, 3.05) is 39.9 Å². The maximum atomic E-state index is 13.1. The molecule has 0 N–H and O–H groups in total. The molecule has 4 rings (SSSR count). The lowest BCUT2D eigenvalue weighted by Crippen LogP contribution is -2.50. The number of carbonyl (C=O) groups excluding carboxylic acids is 2. The van der Waals surface area contributed by atoms with Crippen molar-refractivity contribution in [1.29, 1.82) is 0 Å². The molecule has 2 aliphatic rings. The van der Waals surface area contributed by atoms with Gasteiger partial charge in [0.05, 0.1) is 11.7 Å². The molecule has 2 aromatic rings. The van der Waals surface area contributed by atoms with Crippen molar-refractivity contribution in [3.63, 3.8) is 0 Å². The number of ether oxygens (including phenoxy) is 1. The normalized spacial score (nSPS) is 22.9. The molecule has 0 aliphatic carbocycles. The molecule has 0 radical (unpaired) electrons. The first-order valence-electron chi connectivity index (χ1n) is 9.68. The second-order valence-corrected chi connectivity index (χ2v) is 7.67. The van der Waals surface area contributed by atoms with E-state index < -0.39 is 5.41 Å². The van der Waals surface area contributed by atoms with Crippen molar-refractivity contribution in [3.05, 3.63) is 36.1 Å². The number of fused-ring (bicyclic) bond motifs is 1. The molecule has 1 spiro atoms. The third kappa shape index (κ3) is 3.34. The van der Waals surface area contributed by atoms with Gasteiger partial charge in [-0.15, -0.1) is 0 Å². The molecule has 1 unspecified atom stereocenters. The predicted octanol–water partition coefficient (Wildman–Crippen LogP) is 2.92. The number of carbonyl (C=O) groups is 2. The average molecular weight is 370 g/mol. The minimum atomic E-state index is -0.402. The van der Waals surface area contributed by atoms with Crippen LogP contribution < -0.4 is 0 Å². The zero-order valence-corrected chi connectivity index (χ0v) is 15.8. The summed E-state index contributed by atoms with van der Waals surface area (Å²) in [6, 6.07) is 7.36. The van der Waals surface area contributed by atoms with E-state index in [2.05, 4.69) is 0 Å². The summed E-state index contributed by atoms with van der Waals surface area (Å²) < 4.78 is 10.5. The van der Waals surface area contributed by atoms with Crippen LogP contribution in [0.2, 0.25) is 0 Å². The van der Waals surface area contributed by atoms with E-state index in [-0.39, 0.29) is 11.8 Å². The van der Waals surface area contributed by atoms with E-state index in [1.165, 1.54) is 0 Å². The highest BCUT2D eigenvalue weighted by atomic mass is 16.5. The molecule has 0 bridgehead atoms. The van der Waals surface area contributed by atoms with Gasteiger partial charge >= 0.3 is 0 Å². The van der Waals surface area contributed by atoms with E-state index in [1.807, 2.05) is 28.0 Å². The fraction of sp³-hybridized carbons (Fsp3) is 0.524. The number of hydrogen-bond donors (Lipinski definition) is 0. The molecule has 6 nitrogen and oxygen atoms in total. The van der Waals surface area contributed by atoms with Crippen LogP contribution in [0, 0.1) is 5.41 Å². The monoisotopic (exact) mass is 370 g/mol. The van der Waals surface area contributed by atoms with Crippen LogP contribution in [0.15, 0.2) is 34.9 Å². The second kappa shape index (κ2) is 7.35. The Kier molecular flexibility index (Phi) is 4.91. The van der Waals surface area contributed by atoms with Gasteiger partial charge in [-0.2, -0.15) is 0 Å². The summed E-state index contributed by atoms with van der Waals surface area (Å²) in [5, 5.41) is 0.924. The van der Waals surface area contributed by atoms with Crippen LogP contribution in [0.3, 0.4) is 0 Å². The SMILES string of the molecule is COCCCN1CCCC2(CCN(C(=O)c3ccc4occc4c3)C2)C1=O. The largest absolute Gasteiger partial charge is 0.464 e. The lowest BCUT2D eigenvalue weighted by molar-refractivity contribution is -0.145. The van der Waals surface area contributed by atoms with Gasteiger partial charge in [0.1, 0.15) is 5.58 Å². The summed E-state index contributed by atoms with van der Waals surface area (Å²) in [5.74, 6) is 0.213. The zero-order valence-electron chi connectivity index (χ0n) is 15.8. The van der Waals surface area contributed by atoms with Crippen LogP contribution in [0.1, 0.15) is 36.0 Å². The van der Waals surface area contributed by atoms with Gasteiger partial charge < -0.3 is 19.0 Å². The Balaban J connectivity index is 1.46. The number of methoxy groups -OCH3 is 1. The Morgan fingerprint density at radius 3 is 3.00 bits per heavy atom. The number of benzene rings is 1. The average Bonchev–Trinajstić information content (AvgIpc) is 3.32. The second-order valence-electron chi connectivity index (χ2n) is 7.67. The summed E-state index contributed by atoms with van der Waals surface area (Å²) in [6.45, 7) is 3.38. The highest BCUT2D eigenvalue weighted by molar-refractivity contribution is 5.98. The van der Waals surface area contributed by atoms with Crippen molar-refractivity contribution in [3.8, 4) is 0 Å². The molecule has 144 valence electrons. The summed E-state index contributed by atoms with van der Waals surface area (Å²) in [7, 11) is 1.68. The van der Waals surface area contributed by atoms with E-state index in [9.17, 15) is 9.59 Å². The molecule has 1 atom stereocenters. The topological polar surface area (TPSA) is 63.0 Å². The summed E-state index contributed by atoms with van der Waals surface area (Å²) in [4.78, 5) is 29.9. The third-order valence-electron chi connectivity index (χ3n) is 5.94. The summed E-state index contributed by atoms with van der Waals surface area (Å²) >= 11 is 0. The fourth-order valence-corrected chi connectivity index (χ4v) is 4.47. The highest BCUT2D eigenvalue weighted by Gasteiger charge is 2.49.